The topological polar surface area (TPSA) is 104 Å². The maximum Gasteiger partial charge on any atom is 0.306 e. The number of carboxylic acid groups (broad SMARTS) is 1. The second-order valence-corrected chi connectivity index (χ2v) is 12.7. The summed E-state index contributed by atoms with van der Waals surface area (Å²) < 4.78 is 33.4. The molecule has 0 aromatic heterocycles. The molecule has 0 bridgehead atoms. The van der Waals surface area contributed by atoms with Gasteiger partial charge in [-0.15, -0.1) is 0 Å². The van der Waals surface area contributed by atoms with Crippen LogP contribution in [0.25, 0.3) is 0 Å². The van der Waals surface area contributed by atoms with E-state index in [0.29, 0.717) is 34.9 Å². The predicted molar refractivity (Wildman–Crippen MR) is 141 cm³/mol. The molecule has 1 amide bonds. The molecule has 4 atom stereocenters. The van der Waals surface area contributed by atoms with Gasteiger partial charge in [0.1, 0.15) is 12.2 Å². The van der Waals surface area contributed by atoms with Crippen molar-refractivity contribution in [1.82, 2.24) is 9.21 Å². The zero-order chi connectivity index (χ0) is 26.9. The van der Waals surface area contributed by atoms with Crippen molar-refractivity contribution in [3.63, 3.8) is 0 Å². The van der Waals surface area contributed by atoms with Crippen LogP contribution in [0, 0.1) is 0 Å². The number of sulfonamides is 1. The van der Waals surface area contributed by atoms with E-state index in [-0.39, 0.29) is 11.8 Å². The molecule has 2 fully saturated rings. The number of nitrogens with zero attached hydrogens (tertiary/aromatic N) is 2. The van der Waals surface area contributed by atoms with E-state index in [0.717, 1.165) is 5.56 Å². The Labute approximate surface area is 227 Å². The van der Waals surface area contributed by atoms with Crippen molar-refractivity contribution in [2.75, 3.05) is 13.6 Å². The molecule has 37 heavy (non-hydrogen) atoms. The highest BCUT2D eigenvalue weighted by atomic mass is 35.5. The Morgan fingerprint density at radius 3 is 2.38 bits per heavy atom. The zero-order valence-electron chi connectivity index (χ0n) is 20.6. The van der Waals surface area contributed by atoms with Crippen LogP contribution < -0.4 is 0 Å². The van der Waals surface area contributed by atoms with Crippen LogP contribution in [0.3, 0.4) is 0 Å². The fourth-order valence-electron chi connectivity index (χ4n) is 4.83. The lowest BCUT2D eigenvalue weighted by molar-refractivity contribution is -0.183. The summed E-state index contributed by atoms with van der Waals surface area (Å²) in [6, 6.07) is 12.8. The van der Waals surface area contributed by atoms with Crippen molar-refractivity contribution in [2.45, 2.75) is 62.1 Å². The van der Waals surface area contributed by atoms with Gasteiger partial charge in [0.2, 0.25) is 10.0 Å². The van der Waals surface area contributed by atoms with Crippen LogP contribution in [0.1, 0.15) is 55.9 Å². The number of carbonyl (C=O) groups excluding carboxylic acids is 1. The summed E-state index contributed by atoms with van der Waals surface area (Å²) >= 11 is 12.4. The molecule has 3 unspecified atom stereocenters. The van der Waals surface area contributed by atoms with Gasteiger partial charge in [-0.3, -0.25) is 9.59 Å². The fraction of sp³-hybridized carbons (Fsp3) is 0.462. The van der Waals surface area contributed by atoms with E-state index >= 15 is 0 Å². The van der Waals surface area contributed by atoms with E-state index in [1.54, 1.807) is 47.4 Å². The number of carboxylic acids is 1. The first-order valence-electron chi connectivity index (χ1n) is 12.2. The van der Waals surface area contributed by atoms with Crippen molar-refractivity contribution < 1.29 is 27.9 Å². The standard InChI is InChI=1S/C26H30Cl2N2O6S/c1-3-20(15-29(2)37(34,35)21-11-12-21)30-24(16-7-9-18(27)10-8-16)25(17-5-4-6-19(28)13-17)36-22(26(30)33)14-23(31)32/h4-10,13,20-22,24-25H,3,11-12,14-15H2,1-2H3,(H,31,32)/t20-,22?,24?,25?/m0/s1. The zero-order valence-corrected chi connectivity index (χ0v) is 22.9. The van der Waals surface area contributed by atoms with Crippen LogP contribution >= 0.6 is 23.2 Å². The van der Waals surface area contributed by atoms with Crippen LogP contribution in [-0.4, -0.2) is 65.6 Å². The smallest absolute Gasteiger partial charge is 0.306 e. The number of hydrogen-bond acceptors (Lipinski definition) is 5. The molecule has 2 aromatic carbocycles. The van der Waals surface area contributed by atoms with E-state index < -0.39 is 52.6 Å². The highest BCUT2D eigenvalue weighted by Crippen LogP contribution is 2.45. The Morgan fingerprint density at radius 2 is 1.81 bits per heavy atom. The van der Waals surface area contributed by atoms with Gasteiger partial charge in [-0.05, 0) is 54.7 Å². The van der Waals surface area contributed by atoms with Gasteiger partial charge in [-0.2, -0.15) is 0 Å². The number of likely N-dealkylation sites (N-methyl/N-ethyl adjacent to an activating group) is 1. The largest absolute Gasteiger partial charge is 0.481 e. The van der Waals surface area contributed by atoms with Crippen LogP contribution in [-0.2, 0) is 24.3 Å². The summed E-state index contributed by atoms with van der Waals surface area (Å²) in [5, 5.41) is 10.1. The van der Waals surface area contributed by atoms with Crippen molar-refractivity contribution in [3.8, 4) is 0 Å². The normalized spacial score (nSPS) is 23.3. The van der Waals surface area contributed by atoms with E-state index in [1.807, 2.05) is 13.0 Å². The molecule has 1 saturated heterocycles. The highest BCUT2D eigenvalue weighted by molar-refractivity contribution is 7.90. The third-order valence-electron chi connectivity index (χ3n) is 6.89. The van der Waals surface area contributed by atoms with E-state index in [4.69, 9.17) is 27.9 Å². The molecule has 1 N–H and O–H groups in total. The van der Waals surface area contributed by atoms with Crippen molar-refractivity contribution >= 4 is 45.1 Å². The Hall–Kier alpha value is -2.17. The minimum Gasteiger partial charge on any atom is -0.481 e. The lowest BCUT2D eigenvalue weighted by Gasteiger charge is -2.48. The van der Waals surface area contributed by atoms with E-state index in [9.17, 15) is 23.1 Å². The van der Waals surface area contributed by atoms with Gasteiger partial charge in [0.15, 0.2) is 0 Å². The second-order valence-electron chi connectivity index (χ2n) is 9.53. The SMILES string of the molecule is CC[C@@H](CN(C)S(=O)(=O)C1CC1)N1C(=O)C(CC(=O)O)OC(c2cccc(Cl)c2)C1c1ccc(Cl)cc1. The number of hydrogen-bond donors (Lipinski definition) is 1. The first-order chi connectivity index (χ1) is 17.5. The Balaban J connectivity index is 1.81. The van der Waals surface area contributed by atoms with E-state index in [1.165, 1.54) is 11.4 Å². The quantitative estimate of drug-likeness (QED) is 0.446. The Morgan fingerprint density at radius 1 is 1.14 bits per heavy atom. The number of halogens is 2. The highest BCUT2D eigenvalue weighted by Gasteiger charge is 2.48. The summed E-state index contributed by atoms with van der Waals surface area (Å²) in [6.45, 7) is 1.96. The van der Waals surface area contributed by atoms with Gasteiger partial charge < -0.3 is 14.7 Å². The van der Waals surface area contributed by atoms with Crippen LogP contribution in [0.2, 0.25) is 10.0 Å². The summed E-state index contributed by atoms with van der Waals surface area (Å²) in [6.07, 6.45) is -0.810. The molecule has 1 saturated carbocycles. The minimum absolute atomic E-state index is 0.0766. The molecular weight excluding hydrogens is 539 g/mol. The molecule has 0 radical (unpaired) electrons. The number of aliphatic carboxylic acids is 1. The van der Waals surface area contributed by atoms with Crippen molar-refractivity contribution in [3.05, 3.63) is 69.7 Å². The maximum atomic E-state index is 13.9. The molecule has 2 aliphatic rings. The second kappa shape index (κ2) is 11.3. The molecule has 1 aliphatic carbocycles. The molecule has 0 spiro atoms. The summed E-state index contributed by atoms with van der Waals surface area (Å²) in [7, 11) is -1.95. The molecule has 1 heterocycles. The monoisotopic (exact) mass is 568 g/mol. The van der Waals surface area contributed by atoms with Crippen LogP contribution in [0.15, 0.2) is 48.5 Å². The maximum absolute atomic E-state index is 13.9. The average Bonchev–Trinajstić information content (AvgIpc) is 3.70. The number of amides is 1. The summed E-state index contributed by atoms with van der Waals surface area (Å²) in [4.78, 5) is 27.1. The van der Waals surface area contributed by atoms with Crippen molar-refractivity contribution in [1.29, 1.82) is 0 Å². The molecule has 11 heteroatoms. The van der Waals surface area contributed by atoms with Crippen LogP contribution in [0.4, 0.5) is 0 Å². The first-order valence-corrected chi connectivity index (χ1v) is 14.4. The average molecular weight is 570 g/mol. The van der Waals surface area contributed by atoms with Gasteiger partial charge >= 0.3 is 5.97 Å². The third kappa shape index (κ3) is 6.12. The van der Waals surface area contributed by atoms with Crippen molar-refractivity contribution in [2.24, 2.45) is 0 Å². The third-order valence-corrected chi connectivity index (χ3v) is 9.71. The van der Waals surface area contributed by atoms with Gasteiger partial charge in [0.25, 0.3) is 5.91 Å². The summed E-state index contributed by atoms with van der Waals surface area (Å²) in [5.74, 6) is -1.67. The predicted octanol–water partition coefficient (Wildman–Crippen LogP) is 4.68. The van der Waals surface area contributed by atoms with Gasteiger partial charge in [-0.25, -0.2) is 12.7 Å². The number of morpholine rings is 1. The molecule has 4 rings (SSSR count). The van der Waals surface area contributed by atoms with Gasteiger partial charge in [0, 0.05) is 29.7 Å². The lowest BCUT2D eigenvalue weighted by Crippen LogP contribution is -2.57. The Kier molecular flexibility index (Phi) is 8.50. The first kappa shape index (κ1) is 27.9. The molecule has 200 valence electrons. The number of carbonyl (C=O) groups is 2. The minimum atomic E-state index is -3.48. The number of benzene rings is 2. The van der Waals surface area contributed by atoms with Gasteiger partial charge in [0.05, 0.1) is 17.7 Å². The Bertz CT molecular complexity index is 1250. The molecule has 1 aliphatic heterocycles. The molecular formula is C26H30Cl2N2O6S. The van der Waals surface area contributed by atoms with Crippen LogP contribution in [0.5, 0.6) is 0 Å². The molecule has 2 aromatic rings. The number of ether oxygens (including phenoxy) is 1. The van der Waals surface area contributed by atoms with Gasteiger partial charge in [-0.1, -0.05) is 54.4 Å². The summed E-state index contributed by atoms with van der Waals surface area (Å²) in [5.41, 5.74) is 1.40. The van der Waals surface area contributed by atoms with E-state index in [2.05, 4.69) is 0 Å². The fourth-order valence-corrected chi connectivity index (χ4v) is 6.78. The number of rotatable bonds is 10. The molecule has 8 nitrogen and oxygen atoms in total. The lowest BCUT2D eigenvalue weighted by atomic mass is 9.89.